The molecule has 2 aromatic heterocycles. The van der Waals surface area contributed by atoms with E-state index < -0.39 is 0 Å². The number of H-pyrrole nitrogens is 1. The molecule has 0 amide bonds. The van der Waals surface area contributed by atoms with Gasteiger partial charge in [0.15, 0.2) is 11.5 Å². The molecule has 0 fully saturated rings. The first-order chi connectivity index (χ1) is 7.31. The van der Waals surface area contributed by atoms with Crippen LogP contribution in [0.1, 0.15) is 31.6 Å². The van der Waals surface area contributed by atoms with Gasteiger partial charge >= 0.3 is 0 Å². The molecule has 0 radical (unpaired) electrons. The summed E-state index contributed by atoms with van der Waals surface area (Å²) in [5, 5.41) is 13.8. The quantitative estimate of drug-likeness (QED) is 0.764. The minimum atomic E-state index is -0.181. The lowest BCUT2D eigenvalue weighted by molar-refractivity contribution is 0.412. The second-order valence-corrected chi connectivity index (χ2v) is 3.21. The van der Waals surface area contributed by atoms with Gasteiger partial charge in [-0.05, 0) is 6.42 Å². The number of nitrogens with two attached hydrogens (primary N) is 1. The van der Waals surface area contributed by atoms with Crippen molar-refractivity contribution in [3.05, 3.63) is 12.0 Å². The molecule has 0 aromatic carbocycles. The molecule has 0 saturated heterocycles. The second kappa shape index (κ2) is 4.18. The fourth-order valence-electron chi connectivity index (χ4n) is 1.23. The van der Waals surface area contributed by atoms with Crippen molar-refractivity contribution in [2.75, 3.05) is 0 Å². The molecular weight excluding hydrogens is 196 g/mol. The Hall–Kier alpha value is -1.76. The van der Waals surface area contributed by atoms with Crippen molar-refractivity contribution in [3.8, 4) is 11.6 Å². The van der Waals surface area contributed by atoms with Crippen LogP contribution in [0.2, 0.25) is 0 Å². The van der Waals surface area contributed by atoms with Crippen LogP contribution in [0, 0.1) is 0 Å². The van der Waals surface area contributed by atoms with E-state index in [0.717, 1.165) is 12.8 Å². The monoisotopic (exact) mass is 208 g/mol. The van der Waals surface area contributed by atoms with Gasteiger partial charge in [-0.3, -0.25) is 0 Å². The maximum Gasteiger partial charge on any atom is 0.280 e. The highest BCUT2D eigenvalue weighted by Gasteiger charge is 2.15. The van der Waals surface area contributed by atoms with Crippen LogP contribution in [-0.4, -0.2) is 25.6 Å². The Morgan fingerprint density at radius 3 is 3.13 bits per heavy atom. The zero-order valence-corrected chi connectivity index (χ0v) is 8.34. The number of aromatic amines is 1. The standard InChI is InChI=1S/C8H12N6O/c1-2-3-5(9)7-11-8(15-13-7)6-4-10-14-12-6/h4-5H,2-3,9H2,1H3,(H,10,12,14). The maximum absolute atomic E-state index is 5.84. The Labute approximate surface area is 86.1 Å². The summed E-state index contributed by atoms with van der Waals surface area (Å²) < 4.78 is 5.01. The Kier molecular flexibility index (Phi) is 2.72. The molecule has 2 aromatic rings. The molecule has 0 bridgehead atoms. The van der Waals surface area contributed by atoms with Crippen molar-refractivity contribution in [2.24, 2.45) is 5.73 Å². The van der Waals surface area contributed by atoms with Gasteiger partial charge in [0.25, 0.3) is 5.89 Å². The van der Waals surface area contributed by atoms with Crippen molar-refractivity contribution >= 4 is 0 Å². The fraction of sp³-hybridized carbons (Fsp3) is 0.500. The summed E-state index contributed by atoms with van der Waals surface area (Å²) in [6, 6.07) is -0.181. The molecule has 15 heavy (non-hydrogen) atoms. The highest BCUT2D eigenvalue weighted by molar-refractivity contribution is 5.42. The van der Waals surface area contributed by atoms with Gasteiger partial charge in [0, 0.05) is 0 Å². The van der Waals surface area contributed by atoms with Gasteiger partial charge in [-0.15, -0.1) is 0 Å². The SMILES string of the molecule is CCCC(N)c1noc(-c2cn[nH]n2)n1. The summed E-state index contributed by atoms with van der Waals surface area (Å²) in [5.41, 5.74) is 6.37. The molecule has 2 rings (SSSR count). The maximum atomic E-state index is 5.84. The Balaban J connectivity index is 2.17. The van der Waals surface area contributed by atoms with E-state index in [2.05, 4.69) is 32.5 Å². The van der Waals surface area contributed by atoms with Crippen LogP contribution in [0.25, 0.3) is 11.6 Å². The summed E-state index contributed by atoms with van der Waals surface area (Å²) in [4.78, 5) is 4.15. The minimum Gasteiger partial charge on any atom is -0.332 e. The smallest absolute Gasteiger partial charge is 0.280 e. The molecule has 0 aliphatic rings. The first kappa shape index (κ1) is 9.78. The predicted molar refractivity (Wildman–Crippen MR) is 51.5 cm³/mol. The molecule has 80 valence electrons. The van der Waals surface area contributed by atoms with Gasteiger partial charge in [0.1, 0.15) is 0 Å². The van der Waals surface area contributed by atoms with Gasteiger partial charge in [0.2, 0.25) is 0 Å². The number of nitrogens with zero attached hydrogens (tertiary/aromatic N) is 4. The van der Waals surface area contributed by atoms with Gasteiger partial charge < -0.3 is 10.3 Å². The summed E-state index contributed by atoms with van der Waals surface area (Å²) in [5.74, 6) is 0.847. The van der Waals surface area contributed by atoms with Gasteiger partial charge in [-0.2, -0.15) is 20.4 Å². The molecule has 1 unspecified atom stereocenters. The molecule has 0 aliphatic carbocycles. The molecule has 0 saturated carbocycles. The Bertz CT molecular complexity index is 408. The van der Waals surface area contributed by atoms with E-state index in [1.165, 1.54) is 6.20 Å². The van der Waals surface area contributed by atoms with E-state index in [9.17, 15) is 0 Å². The first-order valence-corrected chi connectivity index (χ1v) is 4.76. The molecule has 3 N–H and O–H groups in total. The van der Waals surface area contributed by atoms with Crippen LogP contribution < -0.4 is 5.73 Å². The van der Waals surface area contributed by atoms with Crippen LogP contribution in [0.5, 0.6) is 0 Å². The average Bonchev–Trinajstić information content (AvgIpc) is 2.89. The molecule has 7 heteroatoms. The van der Waals surface area contributed by atoms with Crippen LogP contribution >= 0.6 is 0 Å². The number of nitrogens with one attached hydrogen (secondary N) is 1. The molecule has 2 heterocycles. The summed E-state index contributed by atoms with van der Waals surface area (Å²) in [6.07, 6.45) is 3.33. The number of hydrogen-bond acceptors (Lipinski definition) is 6. The minimum absolute atomic E-state index is 0.181. The molecular formula is C8H12N6O. The number of rotatable bonds is 4. The topological polar surface area (TPSA) is 107 Å². The summed E-state index contributed by atoms with van der Waals surface area (Å²) in [6.45, 7) is 2.05. The van der Waals surface area contributed by atoms with E-state index in [1.807, 2.05) is 0 Å². The van der Waals surface area contributed by atoms with Crippen molar-refractivity contribution in [2.45, 2.75) is 25.8 Å². The number of aromatic nitrogens is 5. The van der Waals surface area contributed by atoms with E-state index >= 15 is 0 Å². The molecule has 1 atom stereocenters. The third kappa shape index (κ3) is 2.01. The van der Waals surface area contributed by atoms with Crippen LogP contribution in [0.3, 0.4) is 0 Å². The highest BCUT2D eigenvalue weighted by Crippen LogP contribution is 2.17. The third-order valence-electron chi connectivity index (χ3n) is 2.01. The molecule has 0 spiro atoms. The molecule has 0 aliphatic heterocycles. The van der Waals surface area contributed by atoms with Crippen molar-refractivity contribution in [3.63, 3.8) is 0 Å². The normalized spacial score (nSPS) is 12.9. The van der Waals surface area contributed by atoms with E-state index in [4.69, 9.17) is 10.3 Å². The van der Waals surface area contributed by atoms with E-state index in [0.29, 0.717) is 17.4 Å². The first-order valence-electron chi connectivity index (χ1n) is 4.76. The van der Waals surface area contributed by atoms with Crippen molar-refractivity contribution < 1.29 is 4.52 Å². The van der Waals surface area contributed by atoms with Gasteiger partial charge in [-0.1, -0.05) is 18.5 Å². The Morgan fingerprint density at radius 2 is 2.47 bits per heavy atom. The lowest BCUT2D eigenvalue weighted by Crippen LogP contribution is -2.11. The van der Waals surface area contributed by atoms with Crippen molar-refractivity contribution in [1.29, 1.82) is 0 Å². The lowest BCUT2D eigenvalue weighted by atomic mass is 10.2. The predicted octanol–water partition coefficient (Wildman–Crippen LogP) is 0.655. The fourth-order valence-corrected chi connectivity index (χ4v) is 1.23. The van der Waals surface area contributed by atoms with Crippen LogP contribution in [0.4, 0.5) is 0 Å². The largest absolute Gasteiger partial charge is 0.332 e. The van der Waals surface area contributed by atoms with Crippen LogP contribution in [-0.2, 0) is 0 Å². The number of hydrogen-bond donors (Lipinski definition) is 2. The molecule has 7 nitrogen and oxygen atoms in total. The summed E-state index contributed by atoms with van der Waals surface area (Å²) >= 11 is 0. The average molecular weight is 208 g/mol. The third-order valence-corrected chi connectivity index (χ3v) is 2.01. The lowest BCUT2D eigenvalue weighted by Gasteiger charge is -2.02. The van der Waals surface area contributed by atoms with Gasteiger partial charge in [0.05, 0.1) is 12.2 Å². The van der Waals surface area contributed by atoms with E-state index in [-0.39, 0.29) is 6.04 Å². The second-order valence-electron chi connectivity index (χ2n) is 3.21. The highest BCUT2D eigenvalue weighted by atomic mass is 16.5. The van der Waals surface area contributed by atoms with Gasteiger partial charge in [-0.25, -0.2) is 0 Å². The zero-order chi connectivity index (χ0) is 10.7. The van der Waals surface area contributed by atoms with E-state index in [1.54, 1.807) is 0 Å². The van der Waals surface area contributed by atoms with Crippen molar-refractivity contribution in [1.82, 2.24) is 25.6 Å². The summed E-state index contributed by atoms with van der Waals surface area (Å²) in [7, 11) is 0. The Morgan fingerprint density at radius 1 is 1.60 bits per heavy atom. The zero-order valence-electron chi connectivity index (χ0n) is 8.34. The van der Waals surface area contributed by atoms with Crippen LogP contribution in [0.15, 0.2) is 10.7 Å².